The molecule has 5 aromatic rings. The first-order valence-corrected chi connectivity index (χ1v) is 11.7. The van der Waals surface area contributed by atoms with Gasteiger partial charge in [0.1, 0.15) is 0 Å². The van der Waals surface area contributed by atoms with Gasteiger partial charge in [0.05, 0.1) is 17.4 Å². The molecule has 8 nitrogen and oxygen atoms in total. The van der Waals surface area contributed by atoms with Crippen molar-refractivity contribution in [2.75, 3.05) is 0 Å². The van der Waals surface area contributed by atoms with Crippen molar-refractivity contribution in [3.8, 4) is 22.5 Å². The Hall–Kier alpha value is -4.33. The predicted molar refractivity (Wildman–Crippen MR) is 136 cm³/mol. The SMILES string of the molecule is CCCCn1c(=O)c2c(C)cccc2n(Cc2ccc(-c3ccccc3-c3nn[nH]n3)cc2)c1=O. The van der Waals surface area contributed by atoms with Crippen LogP contribution in [0.3, 0.4) is 0 Å². The molecule has 2 aromatic heterocycles. The van der Waals surface area contributed by atoms with Crippen LogP contribution in [0.5, 0.6) is 0 Å². The highest BCUT2D eigenvalue weighted by molar-refractivity contribution is 5.82. The lowest BCUT2D eigenvalue weighted by atomic mass is 9.98. The minimum atomic E-state index is -0.270. The molecule has 35 heavy (non-hydrogen) atoms. The van der Waals surface area contributed by atoms with Gasteiger partial charge in [0.15, 0.2) is 0 Å². The Bertz CT molecular complexity index is 1600. The molecule has 0 radical (unpaired) electrons. The van der Waals surface area contributed by atoms with Gasteiger partial charge in [-0.3, -0.25) is 13.9 Å². The van der Waals surface area contributed by atoms with Gasteiger partial charge in [-0.2, -0.15) is 5.21 Å². The van der Waals surface area contributed by atoms with E-state index in [4.69, 9.17) is 0 Å². The van der Waals surface area contributed by atoms with Crippen molar-refractivity contribution in [2.24, 2.45) is 0 Å². The lowest BCUT2D eigenvalue weighted by Gasteiger charge is -2.15. The molecule has 0 saturated carbocycles. The Balaban J connectivity index is 1.55. The van der Waals surface area contributed by atoms with Crippen molar-refractivity contribution < 1.29 is 0 Å². The highest BCUT2D eigenvalue weighted by atomic mass is 16.2. The molecule has 1 N–H and O–H groups in total. The smallest absolute Gasteiger partial charge is 0.289 e. The summed E-state index contributed by atoms with van der Waals surface area (Å²) in [6.07, 6.45) is 1.69. The molecule has 0 aliphatic heterocycles. The number of aryl methyl sites for hydroxylation is 1. The van der Waals surface area contributed by atoms with E-state index >= 15 is 0 Å². The molecule has 0 aliphatic rings. The van der Waals surface area contributed by atoms with Gasteiger partial charge in [0.25, 0.3) is 5.56 Å². The standard InChI is InChI=1S/C27H26N6O2/c1-3-4-16-32-26(34)24-18(2)8-7-11-23(24)33(27(32)35)17-19-12-14-20(15-13-19)21-9-5-6-10-22(21)25-28-30-31-29-25/h5-15H,3-4,16-17H2,1-2H3,(H,28,29,30,31). The second-order valence-electron chi connectivity index (χ2n) is 8.63. The van der Waals surface area contributed by atoms with E-state index in [-0.39, 0.29) is 11.2 Å². The van der Waals surface area contributed by atoms with Crippen LogP contribution < -0.4 is 11.2 Å². The fourth-order valence-corrected chi connectivity index (χ4v) is 4.47. The Morgan fingerprint density at radius 3 is 2.37 bits per heavy atom. The van der Waals surface area contributed by atoms with Crippen LogP contribution in [0, 0.1) is 6.92 Å². The number of rotatable bonds is 7. The van der Waals surface area contributed by atoms with Crippen molar-refractivity contribution in [2.45, 2.75) is 39.8 Å². The summed E-state index contributed by atoms with van der Waals surface area (Å²) in [7, 11) is 0. The van der Waals surface area contributed by atoms with Crippen molar-refractivity contribution in [1.82, 2.24) is 29.8 Å². The second kappa shape index (κ2) is 9.50. The minimum Gasteiger partial charge on any atom is -0.289 e. The van der Waals surface area contributed by atoms with Gasteiger partial charge in [0, 0.05) is 12.1 Å². The largest absolute Gasteiger partial charge is 0.331 e. The van der Waals surface area contributed by atoms with E-state index in [2.05, 4.69) is 20.6 Å². The van der Waals surface area contributed by atoms with Crippen molar-refractivity contribution in [3.63, 3.8) is 0 Å². The van der Waals surface area contributed by atoms with E-state index in [0.29, 0.717) is 29.8 Å². The lowest BCUT2D eigenvalue weighted by Crippen LogP contribution is -2.40. The molecule has 0 spiro atoms. The molecule has 0 aliphatic carbocycles. The van der Waals surface area contributed by atoms with E-state index in [1.807, 2.05) is 80.6 Å². The number of aromatic nitrogens is 6. The molecular weight excluding hydrogens is 440 g/mol. The molecule has 0 unspecified atom stereocenters. The van der Waals surface area contributed by atoms with Gasteiger partial charge >= 0.3 is 5.69 Å². The van der Waals surface area contributed by atoms with Crippen molar-refractivity contribution >= 4 is 10.9 Å². The molecule has 0 saturated heterocycles. The van der Waals surface area contributed by atoms with E-state index in [1.165, 1.54) is 4.57 Å². The third-order valence-corrected chi connectivity index (χ3v) is 6.32. The fraction of sp³-hybridized carbons (Fsp3) is 0.222. The number of H-pyrrole nitrogens is 1. The average Bonchev–Trinajstić information content (AvgIpc) is 3.42. The van der Waals surface area contributed by atoms with Crippen LogP contribution in [0.25, 0.3) is 33.4 Å². The number of nitrogens with one attached hydrogen (secondary N) is 1. The van der Waals surface area contributed by atoms with Crippen LogP contribution in [0.2, 0.25) is 0 Å². The molecule has 176 valence electrons. The van der Waals surface area contributed by atoms with Crippen LogP contribution in [-0.2, 0) is 13.1 Å². The van der Waals surface area contributed by atoms with Crippen LogP contribution in [-0.4, -0.2) is 29.8 Å². The summed E-state index contributed by atoms with van der Waals surface area (Å²) in [5.41, 5.74) is 4.92. The molecule has 0 atom stereocenters. The van der Waals surface area contributed by atoms with Gasteiger partial charge in [-0.1, -0.05) is 74.0 Å². The second-order valence-corrected chi connectivity index (χ2v) is 8.63. The Morgan fingerprint density at radius 2 is 1.66 bits per heavy atom. The van der Waals surface area contributed by atoms with E-state index in [0.717, 1.165) is 40.7 Å². The summed E-state index contributed by atoms with van der Waals surface area (Å²) in [6.45, 7) is 4.76. The van der Waals surface area contributed by atoms with Gasteiger partial charge < -0.3 is 0 Å². The number of benzene rings is 3. The number of unbranched alkanes of at least 4 members (excludes halogenated alkanes) is 1. The molecule has 2 heterocycles. The minimum absolute atomic E-state index is 0.207. The quantitative estimate of drug-likeness (QED) is 0.388. The van der Waals surface area contributed by atoms with Crippen LogP contribution >= 0.6 is 0 Å². The number of fused-ring (bicyclic) bond motifs is 1. The topological polar surface area (TPSA) is 98.5 Å². The Morgan fingerprint density at radius 1 is 0.886 bits per heavy atom. The molecule has 8 heteroatoms. The first-order valence-electron chi connectivity index (χ1n) is 11.7. The van der Waals surface area contributed by atoms with Crippen molar-refractivity contribution in [3.05, 3.63) is 98.7 Å². The first kappa shape index (κ1) is 22.5. The summed E-state index contributed by atoms with van der Waals surface area (Å²) in [4.78, 5) is 26.5. The molecule has 0 amide bonds. The van der Waals surface area contributed by atoms with E-state index < -0.39 is 0 Å². The number of nitrogens with zero attached hydrogens (tertiary/aromatic N) is 5. The molecule has 3 aromatic carbocycles. The number of hydrogen-bond acceptors (Lipinski definition) is 5. The lowest BCUT2D eigenvalue weighted by molar-refractivity contribution is 0.558. The predicted octanol–water partition coefficient (Wildman–Crippen LogP) is 4.17. The number of hydrogen-bond donors (Lipinski definition) is 1. The third-order valence-electron chi connectivity index (χ3n) is 6.32. The molecule has 0 fully saturated rings. The third kappa shape index (κ3) is 4.19. The maximum absolute atomic E-state index is 13.4. The summed E-state index contributed by atoms with van der Waals surface area (Å²) >= 11 is 0. The zero-order valence-electron chi connectivity index (χ0n) is 19.7. The van der Waals surface area contributed by atoms with Gasteiger partial charge in [-0.15, -0.1) is 10.2 Å². The zero-order chi connectivity index (χ0) is 24.4. The maximum atomic E-state index is 13.4. The number of tetrazole rings is 1. The van der Waals surface area contributed by atoms with Gasteiger partial charge in [-0.05, 0) is 46.9 Å². The van der Waals surface area contributed by atoms with Crippen molar-refractivity contribution in [1.29, 1.82) is 0 Å². The first-order chi connectivity index (χ1) is 17.1. The average molecular weight is 467 g/mol. The van der Waals surface area contributed by atoms with Gasteiger partial charge in [0.2, 0.25) is 5.82 Å². The maximum Gasteiger partial charge on any atom is 0.331 e. The molecular formula is C27H26N6O2. The summed E-state index contributed by atoms with van der Waals surface area (Å²) in [6, 6.07) is 21.6. The monoisotopic (exact) mass is 466 g/mol. The van der Waals surface area contributed by atoms with Crippen LogP contribution in [0.4, 0.5) is 0 Å². The molecule has 5 rings (SSSR count). The van der Waals surface area contributed by atoms with Gasteiger partial charge in [-0.25, -0.2) is 4.79 Å². The van der Waals surface area contributed by atoms with Crippen LogP contribution in [0.15, 0.2) is 76.3 Å². The summed E-state index contributed by atoms with van der Waals surface area (Å²) < 4.78 is 3.09. The number of aromatic amines is 1. The highest BCUT2D eigenvalue weighted by Crippen LogP contribution is 2.29. The van der Waals surface area contributed by atoms with Crippen LogP contribution in [0.1, 0.15) is 30.9 Å². The Labute approximate surface area is 201 Å². The van der Waals surface area contributed by atoms with E-state index in [9.17, 15) is 9.59 Å². The highest BCUT2D eigenvalue weighted by Gasteiger charge is 2.15. The Kier molecular flexibility index (Phi) is 6.10. The zero-order valence-corrected chi connectivity index (χ0v) is 19.7. The summed E-state index contributed by atoms with van der Waals surface area (Å²) in [5.74, 6) is 0.535. The fourth-order valence-electron chi connectivity index (χ4n) is 4.47. The summed E-state index contributed by atoms with van der Waals surface area (Å²) in [5, 5.41) is 15.0. The normalized spacial score (nSPS) is 11.3. The van der Waals surface area contributed by atoms with E-state index in [1.54, 1.807) is 4.57 Å². The molecule has 0 bridgehead atoms.